The molecule has 4 aliphatic rings. The highest BCUT2D eigenvalue weighted by Gasteiger charge is 2.76. The third kappa shape index (κ3) is 2.76. The summed E-state index contributed by atoms with van der Waals surface area (Å²) in [6, 6.07) is 6.77. The number of hydrogen-bond acceptors (Lipinski definition) is 4. The molecule has 0 aromatic heterocycles. The highest BCUT2D eigenvalue weighted by molar-refractivity contribution is 6.38. The van der Waals surface area contributed by atoms with Crippen LogP contribution in [0.5, 0.6) is 0 Å². The number of benzene rings is 2. The van der Waals surface area contributed by atoms with Gasteiger partial charge in [-0.15, -0.1) is 0 Å². The molecule has 2 aromatic carbocycles. The Balaban J connectivity index is 1.59. The molecule has 3 amide bonds. The number of imide groups is 1. The lowest BCUT2D eigenvalue weighted by atomic mass is 9.74. The van der Waals surface area contributed by atoms with Crippen LogP contribution in [0, 0.1) is 11.8 Å². The lowest BCUT2D eigenvalue weighted by molar-refractivity contribution is -0.135. The van der Waals surface area contributed by atoms with Crippen molar-refractivity contribution in [1.82, 2.24) is 4.90 Å². The van der Waals surface area contributed by atoms with Gasteiger partial charge < -0.3 is 5.32 Å². The Kier molecular flexibility index (Phi) is 4.69. The molecule has 11 heteroatoms. The van der Waals surface area contributed by atoms with E-state index in [2.05, 4.69) is 5.32 Å². The number of alkyl halides is 1. The zero-order valence-corrected chi connectivity index (χ0v) is 20.6. The number of hydrogen-bond donors (Lipinski definition) is 1. The first-order valence-electron chi connectivity index (χ1n) is 10.6. The van der Waals surface area contributed by atoms with Crippen molar-refractivity contribution in [2.24, 2.45) is 11.8 Å². The molecular weight excluding hydrogens is 527 g/mol. The summed E-state index contributed by atoms with van der Waals surface area (Å²) < 4.78 is 15.4. The Labute approximate surface area is 213 Å². The number of fused-ring (bicyclic) bond motifs is 7. The maximum atomic E-state index is 15.4. The lowest BCUT2D eigenvalue weighted by Crippen LogP contribution is -2.55. The molecule has 3 saturated heterocycles. The molecule has 1 N–H and O–H groups in total. The van der Waals surface area contributed by atoms with Gasteiger partial charge in [0.05, 0.1) is 28.2 Å². The Hall–Kier alpha value is -1.90. The smallest absolute Gasteiger partial charge is 0.250 e. The topological polar surface area (TPSA) is 69.7 Å². The first-order chi connectivity index (χ1) is 16.0. The summed E-state index contributed by atoms with van der Waals surface area (Å²) >= 11 is 24.9. The van der Waals surface area contributed by atoms with Crippen molar-refractivity contribution >= 4 is 75.5 Å². The van der Waals surface area contributed by atoms with E-state index in [1.807, 2.05) is 0 Å². The average molecular weight is 543 g/mol. The highest BCUT2D eigenvalue weighted by atomic mass is 35.5. The van der Waals surface area contributed by atoms with Gasteiger partial charge in [0.25, 0.3) is 5.91 Å². The fraction of sp³-hybridized carbons (Fsp3) is 0.348. The van der Waals surface area contributed by atoms with Crippen LogP contribution in [0.2, 0.25) is 20.1 Å². The maximum Gasteiger partial charge on any atom is 0.250 e. The third-order valence-electron chi connectivity index (χ3n) is 7.36. The molecule has 5 atom stereocenters. The van der Waals surface area contributed by atoms with Gasteiger partial charge in [0.15, 0.2) is 0 Å². The Bertz CT molecular complexity index is 1310. The van der Waals surface area contributed by atoms with Gasteiger partial charge in [-0.25, -0.2) is 9.29 Å². The summed E-state index contributed by atoms with van der Waals surface area (Å²) in [5, 5.41) is 3.72. The van der Waals surface area contributed by atoms with Gasteiger partial charge in [-0.1, -0.05) is 46.4 Å². The van der Waals surface area contributed by atoms with E-state index < -0.39 is 46.8 Å². The summed E-state index contributed by atoms with van der Waals surface area (Å²) in [7, 11) is 0. The first-order valence-corrected chi connectivity index (χ1v) is 12.1. The molecule has 2 aromatic rings. The van der Waals surface area contributed by atoms with Crippen molar-refractivity contribution in [3.05, 3.63) is 56.0 Å². The fourth-order valence-electron chi connectivity index (χ4n) is 6.34. The number of nitrogens with one attached hydrogen (secondary N) is 1. The minimum Gasteiger partial charge on any atom is -0.323 e. The van der Waals surface area contributed by atoms with Crippen LogP contribution in [0.25, 0.3) is 0 Å². The van der Waals surface area contributed by atoms with Crippen LogP contribution in [0.3, 0.4) is 0 Å². The second-order valence-corrected chi connectivity index (χ2v) is 11.2. The van der Waals surface area contributed by atoms with Gasteiger partial charge >= 0.3 is 0 Å². The lowest BCUT2D eigenvalue weighted by Gasteiger charge is -2.37. The van der Waals surface area contributed by atoms with Gasteiger partial charge in [-0.2, -0.15) is 0 Å². The molecule has 6 nitrogen and oxygen atoms in total. The minimum atomic E-state index is -1.66. The minimum absolute atomic E-state index is 0.00398. The van der Waals surface area contributed by atoms with E-state index >= 15 is 4.39 Å². The van der Waals surface area contributed by atoms with Crippen LogP contribution in [0.1, 0.15) is 18.9 Å². The van der Waals surface area contributed by atoms with Gasteiger partial charge in [-0.05, 0) is 43.7 Å². The molecule has 0 saturated carbocycles. The molecule has 3 fully saturated rings. The normalized spacial score (nSPS) is 34.1. The summed E-state index contributed by atoms with van der Waals surface area (Å²) in [6.45, 7) is 1.31. The Morgan fingerprint density at radius 3 is 2.29 bits per heavy atom. The SMILES string of the molecule is C[C@@]1(F)CC2C3C(=O)N(c4cc(Cl)cc(Cl)c4)C(=O)C3C3(C(=O)Nc4c(Cl)cc(Cl)cc43)N2C1. The molecule has 176 valence electrons. The number of halogens is 5. The summed E-state index contributed by atoms with van der Waals surface area (Å²) in [5.41, 5.74) is -2.41. The predicted octanol–water partition coefficient (Wildman–Crippen LogP) is 5.07. The van der Waals surface area contributed by atoms with E-state index in [1.54, 1.807) is 11.0 Å². The first kappa shape index (κ1) is 22.6. The van der Waals surface area contributed by atoms with Gasteiger partial charge in [0.2, 0.25) is 11.8 Å². The molecule has 4 heterocycles. The Morgan fingerprint density at radius 1 is 0.971 bits per heavy atom. The van der Waals surface area contributed by atoms with E-state index in [1.165, 1.54) is 31.2 Å². The van der Waals surface area contributed by atoms with Crippen molar-refractivity contribution < 1.29 is 18.8 Å². The quantitative estimate of drug-likeness (QED) is 0.511. The number of anilines is 2. The Morgan fingerprint density at radius 2 is 1.62 bits per heavy atom. The van der Waals surface area contributed by atoms with Crippen LogP contribution in [-0.2, 0) is 19.9 Å². The second kappa shape index (κ2) is 7.08. The summed E-state index contributed by atoms with van der Waals surface area (Å²) in [4.78, 5) is 44.1. The number of nitrogens with zero attached hydrogens (tertiary/aromatic N) is 2. The predicted molar refractivity (Wildman–Crippen MR) is 127 cm³/mol. The second-order valence-electron chi connectivity index (χ2n) is 9.49. The monoisotopic (exact) mass is 541 g/mol. The zero-order valence-electron chi connectivity index (χ0n) is 17.5. The molecule has 0 radical (unpaired) electrons. The van der Waals surface area contributed by atoms with E-state index in [0.29, 0.717) is 11.3 Å². The molecule has 0 bridgehead atoms. The standard InChI is InChI=1S/C23H16Cl4FN3O3/c1-22(28)7-15-16-17(20(33)31(19(16)32)12-3-9(24)2-10(25)4-12)23(30(15)8-22)13-5-11(26)6-14(27)18(13)29-21(23)34/h2-6,15-17H,7-8H2,1H3,(H,29,34)/t15?,16?,17?,22-,23?/m1/s1. The van der Waals surface area contributed by atoms with Gasteiger partial charge in [0.1, 0.15) is 11.2 Å². The average Bonchev–Trinajstić information content (AvgIpc) is 3.35. The molecule has 34 heavy (non-hydrogen) atoms. The van der Waals surface area contributed by atoms with Crippen LogP contribution in [0.4, 0.5) is 15.8 Å². The third-order valence-corrected chi connectivity index (χ3v) is 8.31. The van der Waals surface area contributed by atoms with E-state index in [0.717, 1.165) is 4.90 Å². The van der Waals surface area contributed by atoms with Crippen LogP contribution in [-0.4, -0.2) is 40.9 Å². The molecule has 4 unspecified atom stereocenters. The van der Waals surface area contributed by atoms with Gasteiger partial charge in [0, 0.05) is 33.2 Å². The molecule has 0 aliphatic carbocycles. The number of rotatable bonds is 1. The van der Waals surface area contributed by atoms with Crippen molar-refractivity contribution in [2.45, 2.75) is 30.6 Å². The molecular formula is C23H16Cl4FN3O3. The zero-order chi connectivity index (χ0) is 24.3. The van der Waals surface area contributed by atoms with Crippen molar-refractivity contribution in [3.8, 4) is 0 Å². The molecule has 1 spiro atoms. The number of amides is 3. The highest BCUT2D eigenvalue weighted by Crippen LogP contribution is 2.63. The van der Waals surface area contributed by atoms with E-state index in [4.69, 9.17) is 46.4 Å². The summed E-state index contributed by atoms with van der Waals surface area (Å²) in [6.07, 6.45) is -0.00398. The molecule has 6 rings (SSSR count). The fourth-order valence-corrected chi connectivity index (χ4v) is 7.39. The van der Waals surface area contributed by atoms with Crippen LogP contribution >= 0.6 is 46.4 Å². The van der Waals surface area contributed by atoms with Gasteiger partial charge in [-0.3, -0.25) is 19.3 Å². The van der Waals surface area contributed by atoms with E-state index in [-0.39, 0.29) is 38.7 Å². The molecule has 4 aliphatic heterocycles. The number of carbonyl (C=O) groups excluding carboxylic acids is 3. The maximum absolute atomic E-state index is 15.4. The largest absolute Gasteiger partial charge is 0.323 e. The van der Waals surface area contributed by atoms with Crippen molar-refractivity contribution in [2.75, 3.05) is 16.8 Å². The van der Waals surface area contributed by atoms with Crippen molar-refractivity contribution in [1.29, 1.82) is 0 Å². The van der Waals surface area contributed by atoms with Crippen LogP contribution < -0.4 is 10.2 Å². The summed E-state index contributed by atoms with van der Waals surface area (Å²) in [5.74, 6) is -3.68. The van der Waals surface area contributed by atoms with Crippen molar-refractivity contribution in [3.63, 3.8) is 0 Å². The number of carbonyl (C=O) groups is 3. The van der Waals surface area contributed by atoms with Crippen LogP contribution in [0.15, 0.2) is 30.3 Å². The van der Waals surface area contributed by atoms with E-state index in [9.17, 15) is 14.4 Å².